The molecule has 12 nitrogen and oxygen atoms in total. The lowest BCUT2D eigenvalue weighted by Gasteiger charge is -2.25. The lowest BCUT2D eigenvalue weighted by molar-refractivity contribution is -0.149. The smallest absolute Gasteiger partial charge is 0.459 e. The van der Waals surface area contributed by atoms with Crippen LogP contribution in [0.4, 0.5) is 8.78 Å². The van der Waals surface area contributed by atoms with Crippen molar-refractivity contribution in [2.45, 2.75) is 70.9 Å². The average molecular weight is 638 g/mol. The van der Waals surface area contributed by atoms with Gasteiger partial charge in [0, 0.05) is 12.3 Å². The number of hydrogen-bond acceptors (Lipinski definition) is 9. The Hall–Kier alpha value is -3.68. The van der Waals surface area contributed by atoms with Gasteiger partial charge in [-0.2, -0.15) is 5.09 Å². The molecule has 1 aliphatic rings. The van der Waals surface area contributed by atoms with E-state index in [2.05, 4.69) is 5.09 Å². The summed E-state index contributed by atoms with van der Waals surface area (Å²) in [7, 11) is -4.47. The maximum absolute atomic E-state index is 15.6. The molecule has 238 valence electrons. The van der Waals surface area contributed by atoms with Gasteiger partial charge in [-0.3, -0.25) is 23.7 Å². The number of carbonyl (C=O) groups is 1. The monoisotopic (exact) mass is 637 g/mol. The van der Waals surface area contributed by atoms with Crippen LogP contribution in [0.1, 0.15) is 39.5 Å². The van der Waals surface area contributed by atoms with Crippen LogP contribution in [0.3, 0.4) is 0 Å². The van der Waals surface area contributed by atoms with E-state index in [1.54, 1.807) is 45.0 Å². The Bertz CT molecular complexity index is 1660. The van der Waals surface area contributed by atoms with Gasteiger partial charge in [0.2, 0.25) is 0 Å². The third-order valence-electron chi connectivity index (χ3n) is 6.87. The molecule has 15 heteroatoms. The zero-order chi connectivity index (χ0) is 32.4. The first kappa shape index (κ1) is 33.2. The number of ether oxygens (including phenoxy) is 2. The first-order valence-corrected chi connectivity index (χ1v) is 15.3. The second-order valence-electron chi connectivity index (χ2n) is 10.8. The molecule has 4 rings (SSSR count). The van der Waals surface area contributed by atoms with Gasteiger partial charge < -0.3 is 19.1 Å². The standard InChI is InChI=1S/C29H34F2N3O9P/c1-16(2)41-26(37)18(4)33-44(39,43-21-10-8-19(9-11-21)20-7-6-17(3)22(30)14-20)40-15-23-25(36)29(5,31)27(42-23)34-13-12-24(35)32-28(34)38/h6-14,16,18,23,25,27,36H,15H2,1-5H3,(H,33,39)(H,32,35,38)/t18?,23-,25-,27-,29-,44?/m1/s1. The Morgan fingerprint density at radius 3 is 2.43 bits per heavy atom. The molecule has 6 atom stereocenters. The fourth-order valence-electron chi connectivity index (χ4n) is 4.47. The minimum Gasteiger partial charge on any atom is -0.462 e. The molecule has 0 aliphatic carbocycles. The molecule has 0 amide bonds. The number of aliphatic hydroxyl groups excluding tert-OH is 1. The normalized spacial score (nSPS) is 23.7. The minimum atomic E-state index is -4.47. The van der Waals surface area contributed by atoms with Gasteiger partial charge in [-0.15, -0.1) is 0 Å². The summed E-state index contributed by atoms with van der Waals surface area (Å²) in [6.07, 6.45) is -4.43. The summed E-state index contributed by atoms with van der Waals surface area (Å²) in [6, 6.07) is 10.7. The fourth-order valence-corrected chi connectivity index (χ4v) is 5.97. The number of hydrogen-bond donors (Lipinski definition) is 3. The Kier molecular flexibility index (Phi) is 9.91. The number of rotatable bonds is 11. The van der Waals surface area contributed by atoms with Crippen molar-refractivity contribution in [1.82, 2.24) is 14.6 Å². The van der Waals surface area contributed by atoms with Crippen LogP contribution in [0.2, 0.25) is 0 Å². The fraction of sp³-hybridized carbons (Fsp3) is 0.414. The van der Waals surface area contributed by atoms with Crippen molar-refractivity contribution in [3.05, 3.63) is 86.9 Å². The third kappa shape index (κ3) is 7.51. The molecular weight excluding hydrogens is 603 g/mol. The van der Waals surface area contributed by atoms with Crippen molar-refractivity contribution < 1.29 is 41.8 Å². The van der Waals surface area contributed by atoms with Crippen molar-refractivity contribution in [2.24, 2.45) is 0 Å². The summed E-state index contributed by atoms with van der Waals surface area (Å²) in [6.45, 7) is 6.58. The zero-order valence-electron chi connectivity index (χ0n) is 24.7. The Labute approximate surface area is 251 Å². The van der Waals surface area contributed by atoms with Crippen LogP contribution in [-0.4, -0.2) is 57.3 Å². The summed E-state index contributed by atoms with van der Waals surface area (Å²) in [5.41, 5.74) is -2.48. The van der Waals surface area contributed by atoms with Gasteiger partial charge in [0.25, 0.3) is 5.56 Å². The zero-order valence-corrected chi connectivity index (χ0v) is 25.5. The van der Waals surface area contributed by atoms with Crippen molar-refractivity contribution in [3.8, 4) is 16.9 Å². The highest BCUT2D eigenvalue weighted by Gasteiger charge is 2.56. The number of nitrogens with zero attached hydrogens (tertiary/aromatic N) is 1. The highest BCUT2D eigenvalue weighted by atomic mass is 31.2. The Morgan fingerprint density at radius 1 is 1.16 bits per heavy atom. The summed E-state index contributed by atoms with van der Waals surface area (Å²) in [5.74, 6) is -1.08. The number of aliphatic hydroxyl groups is 1. The van der Waals surface area contributed by atoms with Crippen LogP contribution in [-0.2, 0) is 23.4 Å². The highest BCUT2D eigenvalue weighted by molar-refractivity contribution is 7.52. The quantitative estimate of drug-likeness (QED) is 0.209. The maximum Gasteiger partial charge on any atom is 0.459 e. The van der Waals surface area contributed by atoms with Gasteiger partial charge in [0.15, 0.2) is 11.9 Å². The summed E-state index contributed by atoms with van der Waals surface area (Å²) >= 11 is 0. The number of carbonyl (C=O) groups excluding carboxylic acids is 1. The first-order valence-electron chi connectivity index (χ1n) is 13.7. The predicted octanol–water partition coefficient (Wildman–Crippen LogP) is 3.77. The SMILES string of the molecule is Cc1ccc(-c2ccc(OP(=O)(NC(C)C(=O)OC(C)C)OC[C@H]3O[C@@H](n4ccc(=O)[nH]c4=O)[C@](C)(F)[C@@H]3O)cc2)cc1F. The minimum absolute atomic E-state index is 0.0440. The van der Waals surface area contributed by atoms with Crippen molar-refractivity contribution in [2.75, 3.05) is 6.61 Å². The van der Waals surface area contributed by atoms with Crippen LogP contribution in [0.5, 0.6) is 5.75 Å². The van der Waals surface area contributed by atoms with Crippen LogP contribution in [0, 0.1) is 12.7 Å². The topological polar surface area (TPSA) is 158 Å². The average Bonchev–Trinajstić information content (AvgIpc) is 3.17. The van der Waals surface area contributed by atoms with Gasteiger partial charge in [-0.05, 0) is 69.5 Å². The largest absolute Gasteiger partial charge is 0.462 e. The first-order chi connectivity index (χ1) is 20.6. The number of aryl methyl sites for hydroxylation is 1. The second-order valence-corrected chi connectivity index (χ2v) is 12.5. The molecule has 1 saturated heterocycles. The van der Waals surface area contributed by atoms with Crippen molar-refractivity contribution in [3.63, 3.8) is 0 Å². The predicted molar refractivity (Wildman–Crippen MR) is 155 cm³/mol. The van der Waals surface area contributed by atoms with Crippen LogP contribution in [0.25, 0.3) is 11.1 Å². The van der Waals surface area contributed by atoms with Gasteiger partial charge in [-0.1, -0.05) is 24.3 Å². The Morgan fingerprint density at radius 2 is 1.82 bits per heavy atom. The van der Waals surface area contributed by atoms with E-state index in [4.69, 9.17) is 18.5 Å². The van der Waals surface area contributed by atoms with E-state index < -0.39 is 67.8 Å². The van der Waals surface area contributed by atoms with Crippen LogP contribution < -0.4 is 20.9 Å². The molecule has 0 radical (unpaired) electrons. The van der Waals surface area contributed by atoms with Crippen molar-refractivity contribution in [1.29, 1.82) is 0 Å². The maximum atomic E-state index is 15.6. The lowest BCUT2D eigenvalue weighted by atomic mass is 9.98. The summed E-state index contributed by atoms with van der Waals surface area (Å²) < 4.78 is 66.4. The number of halogens is 2. The van der Waals surface area contributed by atoms with Gasteiger partial charge >= 0.3 is 19.4 Å². The van der Waals surface area contributed by atoms with Gasteiger partial charge in [0.05, 0.1) is 12.7 Å². The summed E-state index contributed by atoms with van der Waals surface area (Å²) in [4.78, 5) is 38.2. The van der Waals surface area contributed by atoms with E-state index in [0.717, 1.165) is 23.8 Å². The number of esters is 1. The number of aromatic nitrogens is 2. The molecule has 1 aliphatic heterocycles. The molecule has 2 heterocycles. The van der Waals surface area contributed by atoms with Gasteiger partial charge in [0.1, 0.15) is 29.8 Å². The number of benzene rings is 2. The third-order valence-corrected chi connectivity index (χ3v) is 8.52. The lowest BCUT2D eigenvalue weighted by Crippen LogP contribution is -2.43. The van der Waals surface area contributed by atoms with E-state index >= 15 is 4.39 Å². The molecule has 2 unspecified atom stereocenters. The number of alkyl halides is 1. The van der Waals surface area contributed by atoms with E-state index in [1.807, 2.05) is 4.98 Å². The number of aromatic amines is 1. The molecule has 2 aromatic carbocycles. The molecule has 3 N–H and O–H groups in total. The van der Waals surface area contributed by atoms with E-state index in [1.165, 1.54) is 25.1 Å². The number of H-pyrrole nitrogens is 1. The van der Waals surface area contributed by atoms with Crippen LogP contribution in [0.15, 0.2) is 64.3 Å². The Balaban J connectivity index is 1.55. The molecule has 3 aromatic rings. The molecule has 0 spiro atoms. The van der Waals surface area contributed by atoms with E-state index in [0.29, 0.717) is 16.7 Å². The summed E-state index contributed by atoms with van der Waals surface area (Å²) in [5, 5.41) is 13.2. The molecule has 44 heavy (non-hydrogen) atoms. The molecule has 1 fully saturated rings. The van der Waals surface area contributed by atoms with E-state index in [9.17, 15) is 28.4 Å². The molecule has 0 bridgehead atoms. The highest BCUT2D eigenvalue weighted by Crippen LogP contribution is 2.47. The van der Waals surface area contributed by atoms with E-state index in [-0.39, 0.29) is 11.6 Å². The molecule has 0 saturated carbocycles. The van der Waals surface area contributed by atoms with Gasteiger partial charge in [-0.25, -0.2) is 18.1 Å². The molecular formula is C29H34F2N3O9P. The second kappa shape index (κ2) is 13.1. The molecule has 1 aromatic heterocycles. The number of nitrogens with one attached hydrogen (secondary N) is 2. The van der Waals surface area contributed by atoms with Crippen molar-refractivity contribution >= 4 is 13.7 Å². The van der Waals surface area contributed by atoms with Crippen LogP contribution >= 0.6 is 7.75 Å².